The van der Waals surface area contributed by atoms with Crippen molar-refractivity contribution in [1.29, 1.82) is 0 Å². The Morgan fingerprint density at radius 2 is 1.58 bits per heavy atom. The summed E-state index contributed by atoms with van der Waals surface area (Å²) in [4.78, 5) is 7.04. The van der Waals surface area contributed by atoms with Crippen molar-refractivity contribution in [3.05, 3.63) is 60.4 Å². The van der Waals surface area contributed by atoms with Gasteiger partial charge in [0.15, 0.2) is 0 Å². The Bertz CT molecular complexity index is 1050. The number of aromatic nitrogens is 1. The summed E-state index contributed by atoms with van der Waals surface area (Å²) < 4.78 is 14.7. The number of hydrogen-bond donors (Lipinski definition) is 0. The molecule has 0 saturated carbocycles. The minimum Gasteiger partial charge on any atom is -0.357 e. The topological polar surface area (TPSA) is 16.1 Å². The van der Waals surface area contributed by atoms with E-state index < -0.39 is 0 Å². The molecule has 3 heteroatoms. The summed E-state index contributed by atoms with van der Waals surface area (Å²) in [7, 11) is 0. The SMILES string of the molecule is CCN(CC)c1nc2c3ccccc3ccc2c2cccc(F)c12. The third-order valence-corrected chi connectivity index (χ3v) is 4.71. The summed E-state index contributed by atoms with van der Waals surface area (Å²) in [5.41, 5.74) is 0.938. The molecule has 120 valence electrons. The third kappa shape index (κ3) is 2.12. The van der Waals surface area contributed by atoms with Gasteiger partial charge >= 0.3 is 0 Å². The number of halogens is 1. The lowest BCUT2D eigenvalue weighted by molar-refractivity contribution is 0.639. The molecule has 1 heterocycles. The van der Waals surface area contributed by atoms with Crippen molar-refractivity contribution < 1.29 is 4.39 Å². The molecule has 2 nitrogen and oxygen atoms in total. The van der Waals surface area contributed by atoms with Crippen LogP contribution in [0.3, 0.4) is 0 Å². The predicted molar refractivity (Wildman–Crippen MR) is 100 cm³/mol. The highest BCUT2D eigenvalue weighted by atomic mass is 19.1. The average Bonchev–Trinajstić information content (AvgIpc) is 2.62. The highest BCUT2D eigenvalue weighted by Crippen LogP contribution is 2.36. The summed E-state index contributed by atoms with van der Waals surface area (Å²) in [5, 5.41) is 4.80. The van der Waals surface area contributed by atoms with Gasteiger partial charge in [0, 0.05) is 23.9 Å². The van der Waals surface area contributed by atoms with Crippen LogP contribution in [0.2, 0.25) is 0 Å². The van der Waals surface area contributed by atoms with Gasteiger partial charge in [-0.1, -0.05) is 48.5 Å². The fourth-order valence-corrected chi connectivity index (χ4v) is 3.48. The normalized spacial score (nSPS) is 11.5. The van der Waals surface area contributed by atoms with Gasteiger partial charge < -0.3 is 4.90 Å². The number of rotatable bonds is 3. The van der Waals surface area contributed by atoms with E-state index in [1.54, 1.807) is 6.07 Å². The zero-order chi connectivity index (χ0) is 16.7. The van der Waals surface area contributed by atoms with Crippen LogP contribution in [0, 0.1) is 5.82 Å². The maximum absolute atomic E-state index is 14.7. The molecule has 4 rings (SSSR count). The van der Waals surface area contributed by atoms with E-state index in [0.717, 1.165) is 46.0 Å². The highest BCUT2D eigenvalue weighted by Gasteiger charge is 2.17. The van der Waals surface area contributed by atoms with Gasteiger partial charge in [-0.05, 0) is 30.7 Å². The number of nitrogens with zero attached hydrogens (tertiary/aromatic N) is 2. The first-order chi connectivity index (χ1) is 11.7. The second-order valence-corrected chi connectivity index (χ2v) is 5.95. The molecule has 0 amide bonds. The number of hydrogen-bond acceptors (Lipinski definition) is 2. The second kappa shape index (κ2) is 5.75. The average molecular weight is 318 g/mol. The molecule has 0 saturated heterocycles. The predicted octanol–water partition coefficient (Wildman–Crippen LogP) is 5.53. The van der Waals surface area contributed by atoms with Crippen LogP contribution in [0.4, 0.5) is 10.2 Å². The summed E-state index contributed by atoms with van der Waals surface area (Å²) in [6, 6.07) is 17.6. The van der Waals surface area contributed by atoms with E-state index in [1.807, 2.05) is 18.2 Å². The van der Waals surface area contributed by atoms with Crippen LogP contribution < -0.4 is 4.90 Å². The van der Waals surface area contributed by atoms with E-state index in [4.69, 9.17) is 4.98 Å². The molecule has 0 N–H and O–H groups in total. The van der Waals surface area contributed by atoms with Crippen molar-refractivity contribution in [2.75, 3.05) is 18.0 Å². The Labute approximate surface area is 140 Å². The maximum Gasteiger partial charge on any atom is 0.140 e. The molecule has 0 spiro atoms. The summed E-state index contributed by atoms with van der Waals surface area (Å²) in [6.45, 7) is 5.74. The lowest BCUT2D eigenvalue weighted by Crippen LogP contribution is -2.23. The third-order valence-electron chi connectivity index (χ3n) is 4.71. The van der Waals surface area contributed by atoms with Crippen molar-refractivity contribution in [2.24, 2.45) is 0 Å². The minimum absolute atomic E-state index is 0.211. The molecule has 0 radical (unpaired) electrons. The molecule has 3 aromatic carbocycles. The maximum atomic E-state index is 14.7. The molecule has 0 bridgehead atoms. The lowest BCUT2D eigenvalue weighted by Gasteiger charge is -2.23. The van der Waals surface area contributed by atoms with E-state index in [0.29, 0.717) is 5.39 Å². The molecule has 0 unspecified atom stereocenters. The Kier molecular flexibility index (Phi) is 3.57. The fraction of sp³-hybridized carbons (Fsp3) is 0.190. The van der Waals surface area contributed by atoms with Crippen molar-refractivity contribution >= 4 is 38.3 Å². The molecule has 0 aliphatic carbocycles. The first-order valence-electron chi connectivity index (χ1n) is 8.39. The van der Waals surface area contributed by atoms with Gasteiger partial charge in [0.1, 0.15) is 11.6 Å². The number of fused-ring (bicyclic) bond motifs is 5. The molecule has 0 atom stereocenters. The van der Waals surface area contributed by atoms with E-state index >= 15 is 0 Å². The molecule has 0 aliphatic heterocycles. The fourth-order valence-electron chi connectivity index (χ4n) is 3.48. The number of benzene rings is 3. The van der Waals surface area contributed by atoms with Gasteiger partial charge in [0.2, 0.25) is 0 Å². The van der Waals surface area contributed by atoms with Gasteiger partial charge in [0.05, 0.1) is 10.9 Å². The molecule has 24 heavy (non-hydrogen) atoms. The number of pyridine rings is 1. The van der Waals surface area contributed by atoms with Crippen LogP contribution in [0.25, 0.3) is 32.4 Å². The highest BCUT2D eigenvalue weighted by molar-refractivity contribution is 6.17. The lowest BCUT2D eigenvalue weighted by atomic mass is 10.0. The van der Waals surface area contributed by atoms with Gasteiger partial charge in [-0.25, -0.2) is 9.37 Å². The van der Waals surface area contributed by atoms with Crippen molar-refractivity contribution in [2.45, 2.75) is 13.8 Å². The van der Waals surface area contributed by atoms with Crippen LogP contribution in [-0.2, 0) is 0 Å². The van der Waals surface area contributed by atoms with Crippen molar-refractivity contribution in [3.8, 4) is 0 Å². The van der Waals surface area contributed by atoms with E-state index in [-0.39, 0.29) is 5.82 Å². The van der Waals surface area contributed by atoms with Crippen LogP contribution in [0.5, 0.6) is 0 Å². The Balaban J connectivity index is 2.24. The second-order valence-electron chi connectivity index (χ2n) is 5.95. The van der Waals surface area contributed by atoms with Gasteiger partial charge in [0.25, 0.3) is 0 Å². The van der Waals surface area contributed by atoms with Crippen LogP contribution in [0.1, 0.15) is 13.8 Å². The van der Waals surface area contributed by atoms with E-state index in [1.165, 1.54) is 6.07 Å². The summed E-state index contributed by atoms with van der Waals surface area (Å²) >= 11 is 0. The van der Waals surface area contributed by atoms with E-state index in [9.17, 15) is 4.39 Å². The first-order valence-corrected chi connectivity index (χ1v) is 8.39. The molecule has 4 aromatic rings. The monoisotopic (exact) mass is 318 g/mol. The standard InChI is InChI=1S/C21H19FN2/c1-3-24(4-2)21-19-16(10-7-11-18(19)22)17-13-12-14-8-5-6-9-15(14)20(17)23-21/h5-13H,3-4H2,1-2H3. The Morgan fingerprint density at radius 1 is 0.833 bits per heavy atom. The van der Waals surface area contributed by atoms with Crippen molar-refractivity contribution in [3.63, 3.8) is 0 Å². The first kappa shape index (κ1) is 14.9. The smallest absolute Gasteiger partial charge is 0.140 e. The molecule has 0 aliphatic rings. The van der Waals surface area contributed by atoms with Crippen molar-refractivity contribution in [1.82, 2.24) is 4.98 Å². The minimum atomic E-state index is -0.211. The summed E-state index contributed by atoms with van der Waals surface area (Å²) in [6.07, 6.45) is 0. The molecule has 0 fully saturated rings. The van der Waals surface area contributed by atoms with E-state index in [2.05, 4.69) is 43.0 Å². The summed E-state index contributed by atoms with van der Waals surface area (Å²) in [5.74, 6) is 0.522. The zero-order valence-corrected chi connectivity index (χ0v) is 13.9. The van der Waals surface area contributed by atoms with Crippen LogP contribution in [-0.4, -0.2) is 18.1 Å². The van der Waals surface area contributed by atoms with Gasteiger partial charge in [-0.2, -0.15) is 0 Å². The molecule has 1 aromatic heterocycles. The van der Waals surface area contributed by atoms with Crippen LogP contribution >= 0.6 is 0 Å². The number of anilines is 1. The van der Waals surface area contributed by atoms with Crippen LogP contribution in [0.15, 0.2) is 54.6 Å². The molecular weight excluding hydrogens is 299 g/mol. The van der Waals surface area contributed by atoms with Gasteiger partial charge in [-0.15, -0.1) is 0 Å². The Morgan fingerprint density at radius 3 is 2.38 bits per heavy atom. The Hall–Kier alpha value is -2.68. The quantitative estimate of drug-likeness (QED) is 0.462. The largest absolute Gasteiger partial charge is 0.357 e. The molecular formula is C21H19FN2. The van der Waals surface area contributed by atoms with Gasteiger partial charge in [-0.3, -0.25) is 0 Å². The zero-order valence-electron chi connectivity index (χ0n) is 13.9.